The van der Waals surface area contributed by atoms with E-state index in [2.05, 4.69) is 22.1 Å². The third kappa shape index (κ3) is 3.41. The fourth-order valence-corrected chi connectivity index (χ4v) is 1.62. The summed E-state index contributed by atoms with van der Waals surface area (Å²) in [5.74, 6) is 2.46. The summed E-state index contributed by atoms with van der Waals surface area (Å²) in [5, 5.41) is 2.27. The third-order valence-corrected chi connectivity index (χ3v) is 2.55. The van der Waals surface area contributed by atoms with E-state index in [1.54, 1.807) is 12.1 Å². The minimum atomic E-state index is -1.13. The van der Waals surface area contributed by atoms with E-state index in [0.717, 1.165) is 6.07 Å². The maximum atomic E-state index is 13.5. The minimum absolute atomic E-state index is 0.0158. The predicted molar refractivity (Wildman–Crippen MR) is 74.5 cm³/mol. The monoisotopic (exact) mass is 287 g/mol. The molecule has 106 valence electrons. The second-order valence-corrected chi connectivity index (χ2v) is 3.96. The van der Waals surface area contributed by atoms with Gasteiger partial charge >= 0.3 is 0 Å². The topological polar surface area (TPSA) is 68.0 Å². The molecule has 0 atom stereocenters. The molecule has 0 aliphatic rings. The molecule has 2 aromatic rings. The van der Waals surface area contributed by atoms with Gasteiger partial charge in [-0.3, -0.25) is 4.79 Å². The van der Waals surface area contributed by atoms with Crippen molar-refractivity contribution in [2.75, 3.05) is 11.9 Å². The quantitative estimate of drug-likeness (QED) is 0.829. The Balaban J connectivity index is 2.31. The zero-order chi connectivity index (χ0) is 15.2. The standard InChI is InChI=1S/C15H11F2N3O/c16-11-6-1-7-12(13(11)17)20-15(21)14-10(4-2-8-18)5-3-9-19-14/h1,3,5-7,9H,8,18H2,(H,20,21). The smallest absolute Gasteiger partial charge is 0.275 e. The van der Waals surface area contributed by atoms with E-state index in [1.807, 2.05) is 0 Å². The molecule has 0 saturated heterocycles. The first-order valence-electron chi connectivity index (χ1n) is 6.03. The molecule has 1 heterocycles. The number of anilines is 1. The van der Waals surface area contributed by atoms with Gasteiger partial charge < -0.3 is 11.1 Å². The number of amides is 1. The van der Waals surface area contributed by atoms with Crippen molar-refractivity contribution in [3.05, 3.63) is 59.4 Å². The zero-order valence-corrected chi connectivity index (χ0v) is 10.9. The Kier molecular flexibility index (Phi) is 4.59. The van der Waals surface area contributed by atoms with Crippen LogP contribution in [0.5, 0.6) is 0 Å². The molecule has 0 aliphatic heterocycles. The van der Waals surface area contributed by atoms with Gasteiger partial charge in [0.05, 0.1) is 17.8 Å². The van der Waals surface area contributed by atoms with Gasteiger partial charge in [0.25, 0.3) is 5.91 Å². The van der Waals surface area contributed by atoms with E-state index in [-0.39, 0.29) is 17.9 Å². The van der Waals surface area contributed by atoms with Gasteiger partial charge in [0, 0.05) is 6.20 Å². The summed E-state index contributed by atoms with van der Waals surface area (Å²) < 4.78 is 26.6. The number of hydrogen-bond donors (Lipinski definition) is 2. The second kappa shape index (κ2) is 6.59. The van der Waals surface area contributed by atoms with Gasteiger partial charge in [0.15, 0.2) is 11.6 Å². The van der Waals surface area contributed by atoms with Crippen LogP contribution in [-0.4, -0.2) is 17.4 Å². The summed E-state index contributed by atoms with van der Waals surface area (Å²) in [5.41, 5.74) is 5.39. The van der Waals surface area contributed by atoms with E-state index in [1.165, 1.54) is 18.3 Å². The average Bonchev–Trinajstić information content (AvgIpc) is 2.50. The van der Waals surface area contributed by atoms with E-state index in [9.17, 15) is 13.6 Å². The average molecular weight is 287 g/mol. The highest BCUT2D eigenvalue weighted by molar-refractivity contribution is 6.04. The van der Waals surface area contributed by atoms with Crippen LogP contribution in [0.1, 0.15) is 16.1 Å². The molecule has 1 amide bonds. The van der Waals surface area contributed by atoms with Gasteiger partial charge in [-0.2, -0.15) is 0 Å². The largest absolute Gasteiger partial charge is 0.320 e. The van der Waals surface area contributed by atoms with Crippen LogP contribution in [0.3, 0.4) is 0 Å². The highest BCUT2D eigenvalue weighted by Crippen LogP contribution is 2.17. The fourth-order valence-electron chi connectivity index (χ4n) is 1.62. The summed E-state index contributed by atoms with van der Waals surface area (Å²) in [6, 6.07) is 6.71. The van der Waals surface area contributed by atoms with Crippen LogP contribution >= 0.6 is 0 Å². The number of carbonyl (C=O) groups excluding carboxylic acids is 1. The van der Waals surface area contributed by atoms with Crippen molar-refractivity contribution in [2.24, 2.45) is 5.73 Å². The first-order chi connectivity index (χ1) is 10.1. The first kappa shape index (κ1) is 14.6. The van der Waals surface area contributed by atoms with E-state index in [0.29, 0.717) is 5.56 Å². The van der Waals surface area contributed by atoms with E-state index < -0.39 is 17.5 Å². The molecular formula is C15H11F2N3O. The van der Waals surface area contributed by atoms with Crippen molar-refractivity contribution in [3.63, 3.8) is 0 Å². The number of pyridine rings is 1. The van der Waals surface area contributed by atoms with Crippen LogP contribution < -0.4 is 11.1 Å². The Morgan fingerprint density at radius 3 is 2.86 bits per heavy atom. The lowest BCUT2D eigenvalue weighted by molar-refractivity contribution is 0.102. The Morgan fingerprint density at radius 1 is 1.29 bits per heavy atom. The number of halogens is 2. The van der Waals surface area contributed by atoms with Crippen LogP contribution in [0.25, 0.3) is 0 Å². The van der Waals surface area contributed by atoms with Crippen LogP contribution in [0.4, 0.5) is 14.5 Å². The SMILES string of the molecule is NCC#Cc1cccnc1C(=O)Nc1cccc(F)c1F. The van der Waals surface area contributed by atoms with Crippen molar-refractivity contribution < 1.29 is 13.6 Å². The normalized spacial score (nSPS) is 9.67. The molecule has 0 saturated carbocycles. The molecule has 0 spiro atoms. The number of nitrogens with two attached hydrogens (primary N) is 1. The highest BCUT2D eigenvalue weighted by Gasteiger charge is 2.15. The Morgan fingerprint density at radius 2 is 2.10 bits per heavy atom. The Labute approximate surface area is 120 Å². The van der Waals surface area contributed by atoms with Crippen LogP contribution in [0, 0.1) is 23.5 Å². The number of nitrogens with one attached hydrogen (secondary N) is 1. The molecule has 0 bridgehead atoms. The van der Waals surface area contributed by atoms with Crippen molar-refractivity contribution in [1.82, 2.24) is 4.98 Å². The van der Waals surface area contributed by atoms with Crippen molar-refractivity contribution in [1.29, 1.82) is 0 Å². The molecule has 6 heteroatoms. The molecule has 0 fully saturated rings. The first-order valence-corrected chi connectivity index (χ1v) is 6.03. The molecule has 2 rings (SSSR count). The Hall–Kier alpha value is -2.78. The number of hydrogen-bond acceptors (Lipinski definition) is 3. The van der Waals surface area contributed by atoms with Crippen molar-refractivity contribution in [3.8, 4) is 11.8 Å². The number of benzene rings is 1. The maximum Gasteiger partial charge on any atom is 0.275 e. The van der Waals surface area contributed by atoms with Crippen molar-refractivity contribution in [2.45, 2.75) is 0 Å². The van der Waals surface area contributed by atoms with E-state index >= 15 is 0 Å². The number of nitrogens with zero attached hydrogens (tertiary/aromatic N) is 1. The molecule has 0 radical (unpaired) electrons. The molecule has 0 aliphatic carbocycles. The van der Waals surface area contributed by atoms with Crippen LogP contribution in [0.2, 0.25) is 0 Å². The van der Waals surface area contributed by atoms with Gasteiger partial charge in [-0.15, -0.1) is 0 Å². The molecule has 1 aromatic carbocycles. The zero-order valence-electron chi connectivity index (χ0n) is 10.9. The lowest BCUT2D eigenvalue weighted by Gasteiger charge is -2.07. The maximum absolute atomic E-state index is 13.5. The summed E-state index contributed by atoms with van der Waals surface area (Å²) in [6.45, 7) is 0.133. The lowest BCUT2D eigenvalue weighted by atomic mass is 10.2. The highest BCUT2D eigenvalue weighted by atomic mass is 19.2. The molecule has 1 aromatic heterocycles. The number of carbonyl (C=O) groups is 1. The molecule has 0 unspecified atom stereocenters. The second-order valence-electron chi connectivity index (χ2n) is 3.96. The molecular weight excluding hydrogens is 276 g/mol. The summed E-state index contributed by atoms with van der Waals surface area (Å²) in [4.78, 5) is 16.0. The minimum Gasteiger partial charge on any atom is -0.320 e. The molecule has 3 N–H and O–H groups in total. The van der Waals surface area contributed by atoms with Gasteiger partial charge in [-0.1, -0.05) is 17.9 Å². The lowest BCUT2D eigenvalue weighted by Crippen LogP contribution is -2.16. The van der Waals surface area contributed by atoms with Gasteiger partial charge in [-0.05, 0) is 24.3 Å². The fraction of sp³-hybridized carbons (Fsp3) is 0.0667. The Bertz CT molecular complexity index is 735. The van der Waals surface area contributed by atoms with Crippen LogP contribution in [0.15, 0.2) is 36.5 Å². The molecule has 21 heavy (non-hydrogen) atoms. The number of aromatic nitrogens is 1. The van der Waals surface area contributed by atoms with Crippen LogP contribution in [-0.2, 0) is 0 Å². The summed E-state index contributed by atoms with van der Waals surface area (Å²) in [7, 11) is 0. The predicted octanol–water partition coefficient (Wildman–Crippen LogP) is 1.92. The van der Waals surface area contributed by atoms with Crippen molar-refractivity contribution >= 4 is 11.6 Å². The van der Waals surface area contributed by atoms with Gasteiger partial charge in [0.1, 0.15) is 5.69 Å². The van der Waals surface area contributed by atoms with Gasteiger partial charge in [-0.25, -0.2) is 13.8 Å². The van der Waals surface area contributed by atoms with Gasteiger partial charge in [0.2, 0.25) is 0 Å². The van der Waals surface area contributed by atoms with E-state index in [4.69, 9.17) is 5.73 Å². The molecule has 4 nitrogen and oxygen atoms in total. The third-order valence-electron chi connectivity index (χ3n) is 2.55. The summed E-state index contributed by atoms with van der Waals surface area (Å²) >= 11 is 0. The number of rotatable bonds is 2. The summed E-state index contributed by atoms with van der Waals surface area (Å²) in [6.07, 6.45) is 1.41.